The van der Waals surface area contributed by atoms with Gasteiger partial charge in [-0.15, -0.1) is 4.40 Å². The standard InChI is InChI=1S/C16H16ClN3O3S/c17-13-5-3-12(4-6-13)7-8-18-16(21)14-2-1-9-20-10-11-24(22,23)19-15(14)20/h1-6,9H,7-8,10-11H2,(H,18,21). The summed E-state index contributed by atoms with van der Waals surface area (Å²) in [6.45, 7) is 0.731. The summed E-state index contributed by atoms with van der Waals surface area (Å²) in [5, 5.41) is 3.46. The third-order valence-electron chi connectivity index (χ3n) is 3.71. The van der Waals surface area contributed by atoms with Gasteiger partial charge in [0.25, 0.3) is 15.9 Å². The van der Waals surface area contributed by atoms with E-state index in [9.17, 15) is 13.2 Å². The molecule has 0 atom stereocenters. The van der Waals surface area contributed by atoms with E-state index in [4.69, 9.17) is 11.6 Å². The van der Waals surface area contributed by atoms with Crippen molar-refractivity contribution in [1.29, 1.82) is 0 Å². The first kappa shape index (κ1) is 16.7. The zero-order valence-electron chi connectivity index (χ0n) is 12.8. The Morgan fingerprint density at radius 2 is 2.04 bits per heavy atom. The maximum absolute atomic E-state index is 12.4. The third kappa shape index (κ3) is 3.85. The number of allylic oxidation sites excluding steroid dienone is 2. The van der Waals surface area contributed by atoms with Crippen LogP contribution in [0.1, 0.15) is 5.56 Å². The fraction of sp³-hybridized carbons (Fsp3) is 0.250. The molecule has 126 valence electrons. The Kier molecular flexibility index (Phi) is 4.73. The highest BCUT2D eigenvalue weighted by Gasteiger charge is 2.29. The summed E-state index contributed by atoms with van der Waals surface area (Å²) in [5.41, 5.74) is 1.31. The van der Waals surface area contributed by atoms with E-state index in [1.54, 1.807) is 35.4 Å². The van der Waals surface area contributed by atoms with Crippen LogP contribution in [0.3, 0.4) is 0 Å². The third-order valence-corrected chi connectivity index (χ3v) is 5.12. The molecule has 2 heterocycles. The second-order valence-corrected chi connectivity index (χ2v) is 7.64. The average molecular weight is 366 g/mol. The highest BCUT2D eigenvalue weighted by atomic mass is 35.5. The van der Waals surface area contributed by atoms with Crippen molar-refractivity contribution < 1.29 is 13.2 Å². The summed E-state index contributed by atoms with van der Waals surface area (Å²) in [4.78, 5) is 14.0. The van der Waals surface area contributed by atoms with Crippen LogP contribution in [0, 0.1) is 0 Å². The number of carbonyl (C=O) groups excluding carboxylic acids is 1. The molecule has 2 aliphatic rings. The quantitative estimate of drug-likeness (QED) is 0.876. The minimum Gasteiger partial charge on any atom is -0.352 e. The fourth-order valence-electron chi connectivity index (χ4n) is 2.46. The summed E-state index contributed by atoms with van der Waals surface area (Å²) < 4.78 is 27.1. The Morgan fingerprint density at radius 1 is 1.29 bits per heavy atom. The fourth-order valence-corrected chi connectivity index (χ4v) is 3.57. The molecule has 3 rings (SSSR count). The van der Waals surface area contributed by atoms with Crippen molar-refractivity contribution in [3.63, 3.8) is 0 Å². The molecular weight excluding hydrogens is 350 g/mol. The number of rotatable bonds is 4. The average Bonchev–Trinajstić information content (AvgIpc) is 2.55. The molecule has 0 fully saturated rings. The van der Waals surface area contributed by atoms with Crippen molar-refractivity contribution in [2.24, 2.45) is 4.40 Å². The molecule has 24 heavy (non-hydrogen) atoms. The minimum absolute atomic E-state index is 0.0493. The van der Waals surface area contributed by atoms with E-state index in [1.807, 2.05) is 12.1 Å². The monoisotopic (exact) mass is 365 g/mol. The Balaban J connectivity index is 1.66. The molecule has 1 amide bonds. The lowest BCUT2D eigenvalue weighted by Crippen LogP contribution is -2.42. The molecule has 1 aromatic rings. The van der Waals surface area contributed by atoms with E-state index >= 15 is 0 Å². The molecule has 0 saturated heterocycles. The van der Waals surface area contributed by atoms with Gasteiger partial charge in [-0.2, -0.15) is 0 Å². The van der Waals surface area contributed by atoms with Crippen molar-refractivity contribution in [1.82, 2.24) is 10.2 Å². The number of sulfonamides is 1. The van der Waals surface area contributed by atoms with E-state index in [-0.39, 0.29) is 23.1 Å². The van der Waals surface area contributed by atoms with Crippen LogP contribution in [0.25, 0.3) is 0 Å². The van der Waals surface area contributed by atoms with Gasteiger partial charge in [-0.1, -0.05) is 23.7 Å². The van der Waals surface area contributed by atoms with Gasteiger partial charge in [-0.05, 0) is 36.3 Å². The lowest BCUT2D eigenvalue weighted by atomic mass is 10.1. The smallest absolute Gasteiger partial charge is 0.256 e. The van der Waals surface area contributed by atoms with Crippen LogP contribution in [0.15, 0.2) is 52.6 Å². The summed E-state index contributed by atoms with van der Waals surface area (Å²) in [6, 6.07) is 7.40. The number of hydrogen-bond donors (Lipinski definition) is 1. The second kappa shape index (κ2) is 6.78. The Bertz CT molecular complexity index is 842. The lowest BCUT2D eigenvalue weighted by molar-refractivity contribution is -0.117. The molecule has 0 unspecified atom stereocenters. The second-order valence-electron chi connectivity index (χ2n) is 5.45. The molecule has 2 aliphatic heterocycles. The van der Waals surface area contributed by atoms with Crippen LogP contribution in [0.5, 0.6) is 0 Å². The van der Waals surface area contributed by atoms with Gasteiger partial charge in [-0.3, -0.25) is 4.79 Å². The minimum atomic E-state index is -3.51. The maximum atomic E-state index is 12.4. The van der Waals surface area contributed by atoms with Crippen molar-refractivity contribution in [2.45, 2.75) is 6.42 Å². The highest BCUT2D eigenvalue weighted by molar-refractivity contribution is 7.90. The van der Waals surface area contributed by atoms with E-state index in [0.717, 1.165) is 5.56 Å². The molecular formula is C16H16ClN3O3S. The van der Waals surface area contributed by atoms with Gasteiger partial charge in [0.15, 0.2) is 5.84 Å². The Morgan fingerprint density at radius 3 is 2.79 bits per heavy atom. The zero-order chi connectivity index (χ0) is 17.2. The Hall–Kier alpha value is -2.12. The van der Waals surface area contributed by atoms with Gasteiger partial charge in [0.1, 0.15) is 0 Å². The Labute approximate surface area is 145 Å². The molecule has 0 bridgehead atoms. The lowest BCUT2D eigenvalue weighted by Gasteiger charge is -2.28. The van der Waals surface area contributed by atoms with Crippen LogP contribution in [0.2, 0.25) is 5.02 Å². The van der Waals surface area contributed by atoms with Gasteiger partial charge in [0.05, 0.1) is 11.3 Å². The number of amidine groups is 1. The van der Waals surface area contributed by atoms with Crippen molar-refractivity contribution in [3.05, 3.63) is 58.8 Å². The van der Waals surface area contributed by atoms with Crippen LogP contribution in [0.4, 0.5) is 0 Å². The topological polar surface area (TPSA) is 78.8 Å². The first-order valence-electron chi connectivity index (χ1n) is 7.45. The molecule has 0 aliphatic carbocycles. The van der Waals surface area contributed by atoms with Gasteiger partial charge in [0, 0.05) is 24.3 Å². The van der Waals surface area contributed by atoms with E-state index in [1.165, 1.54) is 0 Å². The molecule has 0 saturated carbocycles. The molecule has 0 radical (unpaired) electrons. The molecule has 8 heteroatoms. The number of benzene rings is 1. The SMILES string of the molecule is O=C(NCCc1ccc(Cl)cc1)C1=CC=CN2CCS(=O)(=O)N=C12. The molecule has 1 N–H and O–H groups in total. The normalized spacial score (nSPS) is 18.5. The highest BCUT2D eigenvalue weighted by Crippen LogP contribution is 2.17. The molecule has 1 aromatic carbocycles. The first-order valence-corrected chi connectivity index (χ1v) is 9.44. The predicted molar refractivity (Wildman–Crippen MR) is 93.3 cm³/mol. The number of hydrogen-bond acceptors (Lipinski definition) is 4. The van der Waals surface area contributed by atoms with E-state index < -0.39 is 10.0 Å². The number of nitrogens with one attached hydrogen (secondary N) is 1. The zero-order valence-corrected chi connectivity index (χ0v) is 14.3. The number of carbonyl (C=O) groups is 1. The van der Waals surface area contributed by atoms with E-state index in [2.05, 4.69) is 9.71 Å². The first-order chi connectivity index (χ1) is 11.4. The summed E-state index contributed by atoms with van der Waals surface area (Å²) >= 11 is 5.84. The number of halogens is 1. The van der Waals surface area contributed by atoms with Gasteiger partial charge in [-0.25, -0.2) is 8.42 Å². The van der Waals surface area contributed by atoms with Crippen LogP contribution in [-0.2, 0) is 21.2 Å². The summed E-state index contributed by atoms with van der Waals surface area (Å²) in [7, 11) is -3.51. The van der Waals surface area contributed by atoms with Gasteiger partial charge < -0.3 is 10.2 Å². The van der Waals surface area contributed by atoms with Crippen LogP contribution in [-0.4, -0.2) is 43.9 Å². The number of amides is 1. The van der Waals surface area contributed by atoms with Gasteiger partial charge >= 0.3 is 0 Å². The summed E-state index contributed by atoms with van der Waals surface area (Å²) in [5.74, 6) is -0.200. The van der Waals surface area contributed by atoms with Gasteiger partial charge in [0.2, 0.25) is 0 Å². The van der Waals surface area contributed by atoms with Crippen LogP contribution >= 0.6 is 11.6 Å². The van der Waals surface area contributed by atoms with Crippen molar-refractivity contribution in [2.75, 3.05) is 18.8 Å². The molecule has 0 spiro atoms. The van der Waals surface area contributed by atoms with E-state index in [0.29, 0.717) is 24.5 Å². The largest absolute Gasteiger partial charge is 0.352 e. The van der Waals surface area contributed by atoms with Crippen LogP contribution < -0.4 is 5.32 Å². The van der Waals surface area contributed by atoms with Crippen molar-refractivity contribution >= 4 is 33.4 Å². The summed E-state index contributed by atoms with van der Waals surface area (Å²) in [6.07, 6.45) is 5.66. The predicted octanol–water partition coefficient (Wildman–Crippen LogP) is 1.50. The van der Waals surface area contributed by atoms with Crippen molar-refractivity contribution in [3.8, 4) is 0 Å². The molecule has 6 nitrogen and oxygen atoms in total. The number of fused-ring (bicyclic) bond motifs is 1. The maximum Gasteiger partial charge on any atom is 0.256 e. The number of nitrogens with zero attached hydrogens (tertiary/aromatic N) is 2. The molecule has 0 aromatic heterocycles.